The van der Waals surface area contributed by atoms with E-state index in [-0.39, 0.29) is 5.91 Å². The average molecular weight is 234 g/mol. The summed E-state index contributed by atoms with van der Waals surface area (Å²) in [6.45, 7) is 5.31. The predicted octanol–water partition coefficient (Wildman–Crippen LogP) is 2.71. The maximum Gasteiger partial charge on any atom is 0.239 e. The molecule has 0 saturated carbocycles. The van der Waals surface area contributed by atoms with Crippen LogP contribution < -0.4 is 10.6 Å². The van der Waals surface area contributed by atoms with Gasteiger partial charge >= 0.3 is 0 Å². The molecule has 0 fully saturated rings. The summed E-state index contributed by atoms with van der Waals surface area (Å²) in [5, 5.41) is 6.01. The summed E-state index contributed by atoms with van der Waals surface area (Å²) in [5.74, 6) is 0.0580. The fraction of sp³-hybridized carbons (Fsp3) is 0.500. The van der Waals surface area contributed by atoms with E-state index >= 15 is 0 Å². The van der Waals surface area contributed by atoms with Gasteiger partial charge in [0.1, 0.15) is 0 Å². The third-order valence-corrected chi connectivity index (χ3v) is 2.57. The van der Waals surface area contributed by atoms with Gasteiger partial charge in [-0.2, -0.15) is 0 Å². The average Bonchev–Trinajstić information content (AvgIpc) is 2.32. The van der Waals surface area contributed by atoms with E-state index in [1.807, 2.05) is 31.2 Å². The highest BCUT2D eigenvalue weighted by molar-refractivity contribution is 5.80. The molecule has 0 bridgehead atoms. The lowest BCUT2D eigenvalue weighted by atomic mass is 10.2. The number of benzene rings is 1. The highest BCUT2D eigenvalue weighted by Crippen LogP contribution is 2.08. The van der Waals surface area contributed by atoms with Crippen LogP contribution in [-0.4, -0.2) is 19.0 Å². The SMILES string of the molecule is CCCCCNC(=O)CNc1cccc(C)c1. The first-order valence-corrected chi connectivity index (χ1v) is 6.29. The van der Waals surface area contributed by atoms with E-state index in [2.05, 4.69) is 17.6 Å². The quantitative estimate of drug-likeness (QED) is 0.712. The molecule has 1 rings (SSSR count). The van der Waals surface area contributed by atoms with Crippen molar-refractivity contribution in [1.29, 1.82) is 0 Å². The van der Waals surface area contributed by atoms with Crippen molar-refractivity contribution in [2.45, 2.75) is 33.1 Å². The second kappa shape index (κ2) is 7.71. The molecule has 3 nitrogen and oxygen atoms in total. The predicted molar refractivity (Wildman–Crippen MR) is 72.2 cm³/mol. The van der Waals surface area contributed by atoms with Crippen LogP contribution in [0.3, 0.4) is 0 Å². The van der Waals surface area contributed by atoms with Crippen LogP contribution in [0.25, 0.3) is 0 Å². The number of nitrogens with one attached hydrogen (secondary N) is 2. The highest BCUT2D eigenvalue weighted by atomic mass is 16.1. The first kappa shape index (κ1) is 13.6. The van der Waals surface area contributed by atoms with E-state index in [4.69, 9.17) is 0 Å². The molecular formula is C14H22N2O. The third kappa shape index (κ3) is 5.95. The first-order valence-electron chi connectivity index (χ1n) is 6.29. The lowest BCUT2D eigenvalue weighted by Gasteiger charge is -2.08. The second-order valence-corrected chi connectivity index (χ2v) is 4.28. The Kier molecular flexibility index (Phi) is 6.15. The van der Waals surface area contributed by atoms with Gasteiger partial charge in [-0.15, -0.1) is 0 Å². The number of hydrogen-bond acceptors (Lipinski definition) is 2. The summed E-state index contributed by atoms with van der Waals surface area (Å²) in [5.41, 5.74) is 2.19. The van der Waals surface area contributed by atoms with Crippen molar-refractivity contribution in [3.05, 3.63) is 29.8 Å². The molecule has 0 atom stereocenters. The minimum Gasteiger partial charge on any atom is -0.376 e. The smallest absolute Gasteiger partial charge is 0.239 e. The lowest BCUT2D eigenvalue weighted by Crippen LogP contribution is -2.30. The Morgan fingerprint density at radius 2 is 2.12 bits per heavy atom. The molecular weight excluding hydrogens is 212 g/mol. The number of aryl methyl sites for hydroxylation is 1. The van der Waals surface area contributed by atoms with Crippen molar-refractivity contribution < 1.29 is 4.79 Å². The van der Waals surface area contributed by atoms with Gasteiger partial charge in [0.15, 0.2) is 0 Å². The van der Waals surface area contributed by atoms with Crippen LogP contribution in [0.2, 0.25) is 0 Å². The summed E-state index contributed by atoms with van der Waals surface area (Å²) in [4.78, 5) is 11.5. The van der Waals surface area contributed by atoms with Gasteiger partial charge in [-0.3, -0.25) is 4.79 Å². The summed E-state index contributed by atoms with van der Waals surface area (Å²) in [6.07, 6.45) is 3.41. The Hall–Kier alpha value is -1.51. The van der Waals surface area contributed by atoms with E-state index in [1.165, 1.54) is 18.4 Å². The fourth-order valence-electron chi connectivity index (χ4n) is 1.60. The molecule has 0 unspecified atom stereocenters. The van der Waals surface area contributed by atoms with Crippen molar-refractivity contribution in [3.63, 3.8) is 0 Å². The Morgan fingerprint density at radius 3 is 2.82 bits per heavy atom. The van der Waals surface area contributed by atoms with Crippen LogP contribution in [-0.2, 0) is 4.79 Å². The van der Waals surface area contributed by atoms with Gasteiger partial charge in [0.25, 0.3) is 0 Å². The monoisotopic (exact) mass is 234 g/mol. The number of carbonyl (C=O) groups excluding carboxylic acids is 1. The largest absolute Gasteiger partial charge is 0.376 e. The Bertz CT molecular complexity index is 350. The molecule has 1 aromatic carbocycles. The van der Waals surface area contributed by atoms with E-state index in [0.29, 0.717) is 6.54 Å². The van der Waals surface area contributed by atoms with Gasteiger partial charge in [0.2, 0.25) is 5.91 Å². The molecule has 0 radical (unpaired) electrons. The molecule has 1 amide bonds. The normalized spacial score (nSPS) is 10.0. The molecule has 0 aliphatic heterocycles. The number of hydrogen-bond donors (Lipinski definition) is 2. The number of carbonyl (C=O) groups is 1. The van der Waals surface area contributed by atoms with E-state index in [0.717, 1.165) is 18.7 Å². The first-order chi connectivity index (χ1) is 8.22. The summed E-state index contributed by atoms with van der Waals surface area (Å²) in [6, 6.07) is 8.02. The van der Waals surface area contributed by atoms with Crippen LogP contribution in [0.5, 0.6) is 0 Å². The van der Waals surface area contributed by atoms with Gasteiger partial charge in [0, 0.05) is 12.2 Å². The van der Waals surface area contributed by atoms with Crippen LogP contribution >= 0.6 is 0 Å². The second-order valence-electron chi connectivity index (χ2n) is 4.28. The van der Waals surface area contributed by atoms with Crippen LogP contribution in [0.4, 0.5) is 5.69 Å². The summed E-state index contributed by atoms with van der Waals surface area (Å²) in [7, 11) is 0. The maximum absolute atomic E-state index is 11.5. The van der Waals surface area contributed by atoms with Gasteiger partial charge in [0.05, 0.1) is 6.54 Å². The number of rotatable bonds is 7. The van der Waals surface area contributed by atoms with Crippen LogP contribution in [0.1, 0.15) is 31.7 Å². The van der Waals surface area contributed by atoms with Crippen molar-refractivity contribution in [3.8, 4) is 0 Å². The van der Waals surface area contributed by atoms with Gasteiger partial charge in [-0.05, 0) is 31.0 Å². The molecule has 0 aliphatic rings. The highest BCUT2D eigenvalue weighted by Gasteiger charge is 1.99. The molecule has 1 aromatic rings. The molecule has 0 saturated heterocycles. The number of unbranched alkanes of at least 4 members (excludes halogenated alkanes) is 2. The minimum absolute atomic E-state index is 0.0580. The molecule has 0 aliphatic carbocycles. The topological polar surface area (TPSA) is 41.1 Å². The zero-order valence-corrected chi connectivity index (χ0v) is 10.8. The summed E-state index contributed by atoms with van der Waals surface area (Å²) < 4.78 is 0. The zero-order valence-electron chi connectivity index (χ0n) is 10.8. The molecule has 94 valence electrons. The van der Waals surface area contributed by atoms with Crippen LogP contribution in [0.15, 0.2) is 24.3 Å². The van der Waals surface area contributed by atoms with Crippen molar-refractivity contribution in [2.24, 2.45) is 0 Å². The molecule has 3 heteroatoms. The van der Waals surface area contributed by atoms with Crippen molar-refractivity contribution in [2.75, 3.05) is 18.4 Å². The Labute approximate surface area is 104 Å². The zero-order chi connectivity index (χ0) is 12.5. The van der Waals surface area contributed by atoms with Crippen molar-refractivity contribution >= 4 is 11.6 Å². The summed E-state index contributed by atoms with van der Waals surface area (Å²) >= 11 is 0. The Balaban J connectivity index is 2.19. The lowest BCUT2D eigenvalue weighted by molar-refractivity contribution is -0.119. The number of amides is 1. The maximum atomic E-state index is 11.5. The molecule has 2 N–H and O–H groups in total. The fourth-order valence-corrected chi connectivity index (χ4v) is 1.60. The standard InChI is InChI=1S/C14H22N2O/c1-3-4-5-9-15-14(17)11-16-13-8-6-7-12(2)10-13/h6-8,10,16H,3-5,9,11H2,1-2H3,(H,15,17). The van der Waals surface area contributed by atoms with E-state index in [1.54, 1.807) is 0 Å². The van der Waals surface area contributed by atoms with E-state index in [9.17, 15) is 4.79 Å². The van der Waals surface area contributed by atoms with E-state index < -0.39 is 0 Å². The van der Waals surface area contributed by atoms with Crippen LogP contribution in [0, 0.1) is 6.92 Å². The van der Waals surface area contributed by atoms with Gasteiger partial charge in [-0.25, -0.2) is 0 Å². The molecule has 0 heterocycles. The minimum atomic E-state index is 0.0580. The molecule has 0 aromatic heterocycles. The molecule has 0 spiro atoms. The number of anilines is 1. The Morgan fingerprint density at radius 1 is 1.29 bits per heavy atom. The van der Waals surface area contributed by atoms with Crippen molar-refractivity contribution in [1.82, 2.24) is 5.32 Å². The van der Waals surface area contributed by atoms with Gasteiger partial charge < -0.3 is 10.6 Å². The third-order valence-electron chi connectivity index (χ3n) is 2.57. The van der Waals surface area contributed by atoms with Gasteiger partial charge in [-0.1, -0.05) is 31.9 Å². The molecule has 17 heavy (non-hydrogen) atoms.